The molecule has 0 fully saturated rings. The molecule has 0 aromatic heterocycles. The molecule has 0 saturated carbocycles. The molecule has 0 saturated heterocycles. The number of ether oxygens (including phenoxy) is 2. The van der Waals surface area contributed by atoms with E-state index >= 15 is 0 Å². The number of thiocarbonyl (C=S) groups is 1. The molecule has 0 amide bonds. The molecule has 0 unspecified atom stereocenters. The van der Waals surface area contributed by atoms with Crippen molar-refractivity contribution >= 4 is 23.5 Å². The molecule has 2 N–H and O–H groups in total. The third kappa shape index (κ3) is 15.2. The van der Waals surface area contributed by atoms with E-state index in [1.807, 2.05) is 18.2 Å². The number of hydrazone groups is 1. The van der Waals surface area contributed by atoms with Gasteiger partial charge in [0.25, 0.3) is 0 Å². The van der Waals surface area contributed by atoms with Crippen LogP contribution in [0.1, 0.15) is 115 Å². The SMILES string of the molecule is CCCCCCCCCCCCCCCCCCNC(=S)N/N=C/c1cccc(OC)c1OC. The van der Waals surface area contributed by atoms with Crippen molar-refractivity contribution in [3.63, 3.8) is 0 Å². The second-order valence-electron chi connectivity index (χ2n) is 9.01. The van der Waals surface area contributed by atoms with Gasteiger partial charge in [-0.2, -0.15) is 5.10 Å². The van der Waals surface area contributed by atoms with Gasteiger partial charge < -0.3 is 14.8 Å². The van der Waals surface area contributed by atoms with E-state index in [0.717, 1.165) is 18.5 Å². The van der Waals surface area contributed by atoms with Crippen molar-refractivity contribution in [2.45, 2.75) is 110 Å². The zero-order valence-corrected chi connectivity index (χ0v) is 22.8. The van der Waals surface area contributed by atoms with Crippen molar-refractivity contribution in [2.24, 2.45) is 5.10 Å². The summed E-state index contributed by atoms with van der Waals surface area (Å²) in [6, 6.07) is 5.67. The molecule has 0 atom stereocenters. The van der Waals surface area contributed by atoms with Crippen molar-refractivity contribution in [1.29, 1.82) is 0 Å². The Morgan fingerprint density at radius 3 is 1.82 bits per heavy atom. The normalized spacial score (nSPS) is 11.0. The minimum Gasteiger partial charge on any atom is -0.493 e. The predicted molar refractivity (Wildman–Crippen MR) is 150 cm³/mol. The molecule has 6 heteroatoms. The Bertz CT molecular complexity index is 667. The molecule has 0 aliphatic rings. The number of methoxy groups -OCH3 is 2. The predicted octanol–water partition coefficient (Wildman–Crippen LogP) is 7.76. The Labute approximate surface area is 214 Å². The van der Waals surface area contributed by atoms with Gasteiger partial charge in [-0.05, 0) is 30.8 Å². The third-order valence-electron chi connectivity index (χ3n) is 6.12. The van der Waals surface area contributed by atoms with Crippen molar-refractivity contribution in [2.75, 3.05) is 20.8 Å². The van der Waals surface area contributed by atoms with Crippen LogP contribution in [0.25, 0.3) is 0 Å². The van der Waals surface area contributed by atoms with E-state index in [1.165, 1.54) is 96.3 Å². The fourth-order valence-electron chi connectivity index (χ4n) is 4.09. The van der Waals surface area contributed by atoms with E-state index in [4.69, 9.17) is 21.7 Å². The van der Waals surface area contributed by atoms with Crippen molar-refractivity contribution < 1.29 is 9.47 Å². The minimum atomic E-state index is 0.541. The first kappa shape index (κ1) is 30.2. The lowest BCUT2D eigenvalue weighted by atomic mass is 10.0. The Kier molecular flexibility index (Phi) is 19.3. The smallest absolute Gasteiger partial charge is 0.186 e. The maximum atomic E-state index is 5.40. The maximum Gasteiger partial charge on any atom is 0.186 e. The second kappa shape index (κ2) is 21.7. The minimum absolute atomic E-state index is 0.541. The van der Waals surface area contributed by atoms with Gasteiger partial charge in [0.1, 0.15) is 0 Å². The average Bonchev–Trinajstić information content (AvgIpc) is 2.85. The molecule has 0 spiro atoms. The van der Waals surface area contributed by atoms with Gasteiger partial charge in [-0.15, -0.1) is 0 Å². The molecule has 0 aliphatic heterocycles. The maximum absolute atomic E-state index is 5.40. The highest BCUT2D eigenvalue weighted by Gasteiger charge is 2.07. The summed E-state index contributed by atoms with van der Waals surface area (Å²) in [5.74, 6) is 1.33. The summed E-state index contributed by atoms with van der Waals surface area (Å²) < 4.78 is 10.7. The molecule has 1 rings (SSSR count). The van der Waals surface area contributed by atoms with Gasteiger partial charge in [0.2, 0.25) is 0 Å². The second-order valence-corrected chi connectivity index (χ2v) is 9.42. The fourth-order valence-corrected chi connectivity index (χ4v) is 4.24. The van der Waals surface area contributed by atoms with Gasteiger partial charge in [-0.3, -0.25) is 5.43 Å². The lowest BCUT2D eigenvalue weighted by molar-refractivity contribution is 0.354. The lowest BCUT2D eigenvalue weighted by Crippen LogP contribution is -2.32. The monoisotopic (exact) mass is 491 g/mol. The topological polar surface area (TPSA) is 54.9 Å². The molecule has 34 heavy (non-hydrogen) atoms. The van der Waals surface area contributed by atoms with E-state index in [1.54, 1.807) is 20.4 Å². The van der Waals surface area contributed by atoms with Gasteiger partial charge in [-0.1, -0.05) is 109 Å². The molecule has 194 valence electrons. The summed E-state index contributed by atoms with van der Waals surface area (Å²) in [4.78, 5) is 0. The summed E-state index contributed by atoms with van der Waals surface area (Å²) in [7, 11) is 3.24. The van der Waals surface area contributed by atoms with Crippen molar-refractivity contribution in [1.82, 2.24) is 10.7 Å². The highest BCUT2D eigenvalue weighted by Crippen LogP contribution is 2.29. The fraction of sp³-hybridized carbons (Fsp3) is 0.714. The van der Waals surface area contributed by atoms with Crippen LogP contribution in [0.4, 0.5) is 0 Å². The number of hydrogen-bond donors (Lipinski definition) is 2. The van der Waals surface area contributed by atoms with Crippen LogP contribution in [0, 0.1) is 0 Å². The zero-order chi connectivity index (χ0) is 24.7. The van der Waals surface area contributed by atoms with Crippen LogP contribution in [-0.4, -0.2) is 32.1 Å². The van der Waals surface area contributed by atoms with Crippen LogP contribution < -0.4 is 20.2 Å². The quantitative estimate of drug-likeness (QED) is 0.0796. The highest BCUT2D eigenvalue weighted by molar-refractivity contribution is 7.80. The van der Waals surface area contributed by atoms with E-state index in [9.17, 15) is 0 Å². The molecular formula is C28H49N3O2S. The third-order valence-corrected chi connectivity index (χ3v) is 6.35. The number of unbranched alkanes of at least 4 members (excludes halogenated alkanes) is 15. The number of nitrogens with one attached hydrogen (secondary N) is 2. The lowest BCUT2D eigenvalue weighted by Gasteiger charge is -2.10. The summed E-state index contributed by atoms with van der Waals surface area (Å²) in [5, 5.41) is 7.97. The highest BCUT2D eigenvalue weighted by atomic mass is 32.1. The van der Waals surface area contributed by atoms with Gasteiger partial charge in [0, 0.05) is 12.1 Å². The first-order valence-corrected chi connectivity index (χ1v) is 13.9. The first-order valence-electron chi connectivity index (χ1n) is 13.5. The summed E-state index contributed by atoms with van der Waals surface area (Å²) in [5.41, 5.74) is 3.70. The van der Waals surface area contributed by atoms with E-state index in [-0.39, 0.29) is 0 Å². The summed E-state index contributed by atoms with van der Waals surface area (Å²) >= 11 is 5.30. The molecule has 5 nitrogen and oxygen atoms in total. The van der Waals surface area contributed by atoms with Gasteiger partial charge in [-0.25, -0.2) is 0 Å². The number of nitrogens with zero attached hydrogens (tertiary/aromatic N) is 1. The Balaban J connectivity index is 1.93. The Morgan fingerprint density at radius 2 is 1.32 bits per heavy atom. The largest absolute Gasteiger partial charge is 0.493 e. The molecule has 0 radical (unpaired) electrons. The van der Waals surface area contributed by atoms with Crippen LogP contribution in [0.2, 0.25) is 0 Å². The van der Waals surface area contributed by atoms with Crippen LogP contribution in [0.5, 0.6) is 11.5 Å². The number of benzene rings is 1. The van der Waals surface area contributed by atoms with Crippen molar-refractivity contribution in [3.05, 3.63) is 23.8 Å². The number of rotatable bonds is 21. The van der Waals surface area contributed by atoms with Crippen LogP contribution in [0.15, 0.2) is 23.3 Å². The molecule has 0 bridgehead atoms. The van der Waals surface area contributed by atoms with Gasteiger partial charge in [0.05, 0.1) is 20.4 Å². The van der Waals surface area contributed by atoms with Gasteiger partial charge >= 0.3 is 0 Å². The molecular weight excluding hydrogens is 442 g/mol. The van der Waals surface area contributed by atoms with Gasteiger partial charge in [0.15, 0.2) is 16.6 Å². The van der Waals surface area contributed by atoms with E-state index < -0.39 is 0 Å². The number of para-hydroxylation sites is 1. The standard InChI is InChI=1S/C28H49N3O2S/c1-4-5-6-7-8-9-10-11-12-13-14-15-16-17-18-19-23-29-28(34)31-30-24-25-21-20-22-26(32-2)27(25)33-3/h20-22,24H,4-19,23H2,1-3H3,(H2,29,31,34)/b30-24+. The van der Waals surface area contributed by atoms with Crippen LogP contribution in [0.3, 0.4) is 0 Å². The van der Waals surface area contributed by atoms with E-state index in [2.05, 4.69) is 22.8 Å². The first-order chi connectivity index (χ1) is 16.7. The molecule has 0 aliphatic carbocycles. The van der Waals surface area contributed by atoms with Crippen LogP contribution >= 0.6 is 12.2 Å². The van der Waals surface area contributed by atoms with Crippen molar-refractivity contribution in [3.8, 4) is 11.5 Å². The average molecular weight is 492 g/mol. The summed E-state index contributed by atoms with van der Waals surface area (Å²) in [6.45, 7) is 3.16. The Morgan fingerprint density at radius 1 is 0.794 bits per heavy atom. The summed E-state index contributed by atoms with van der Waals surface area (Å²) in [6.07, 6.45) is 23.8. The Hall–Kier alpha value is -1.82. The van der Waals surface area contributed by atoms with E-state index in [0.29, 0.717) is 16.6 Å². The number of hydrogen-bond acceptors (Lipinski definition) is 4. The molecule has 0 heterocycles. The molecule has 1 aromatic rings. The zero-order valence-electron chi connectivity index (χ0n) is 22.0. The molecule has 1 aromatic carbocycles. The van der Waals surface area contributed by atoms with Crippen LogP contribution in [-0.2, 0) is 0 Å².